The molecule has 2 rings (SSSR count). The van der Waals surface area contributed by atoms with Gasteiger partial charge in [-0.25, -0.2) is 0 Å². The summed E-state index contributed by atoms with van der Waals surface area (Å²) in [4.78, 5) is 6.93. The largest absolute Gasteiger partial charge is 0.311 e. The summed E-state index contributed by atoms with van der Waals surface area (Å²) in [5, 5.41) is 3.78. The van der Waals surface area contributed by atoms with Crippen molar-refractivity contribution >= 4 is 0 Å². The van der Waals surface area contributed by atoms with Crippen LogP contribution in [-0.4, -0.2) is 35.1 Å². The van der Waals surface area contributed by atoms with Gasteiger partial charge in [0.1, 0.15) is 0 Å². The lowest BCUT2D eigenvalue weighted by Crippen LogP contribution is -2.61. The van der Waals surface area contributed by atoms with E-state index in [1.165, 1.54) is 12.0 Å². The third kappa shape index (κ3) is 4.27. The molecule has 2 heterocycles. The summed E-state index contributed by atoms with van der Waals surface area (Å²) < 4.78 is 0. The number of hydrogen-bond donors (Lipinski definition) is 1. The predicted molar refractivity (Wildman–Crippen MR) is 89.1 cm³/mol. The molecular weight excluding hydrogens is 258 g/mol. The zero-order chi connectivity index (χ0) is 15.5. The lowest BCUT2D eigenvalue weighted by Gasteiger charge is -2.47. The van der Waals surface area contributed by atoms with Gasteiger partial charge in [0.25, 0.3) is 0 Å². The standard InChI is InChI=1S/C18H31N3/c1-6-14(2)16-11-20-17(18(3,4)5)13-21(16)12-15-8-7-9-19-10-15/h7-10,14,16-17,20H,6,11-13H2,1-5H3. The van der Waals surface area contributed by atoms with Gasteiger partial charge in [-0.3, -0.25) is 9.88 Å². The number of nitrogens with one attached hydrogen (secondary N) is 1. The highest BCUT2D eigenvalue weighted by atomic mass is 15.2. The molecule has 118 valence electrons. The molecule has 3 heteroatoms. The second-order valence-corrected chi connectivity index (χ2v) is 7.57. The summed E-state index contributed by atoms with van der Waals surface area (Å²) in [6.07, 6.45) is 5.09. The van der Waals surface area contributed by atoms with Crippen LogP contribution < -0.4 is 5.32 Å². The van der Waals surface area contributed by atoms with Gasteiger partial charge in [-0.2, -0.15) is 0 Å². The molecule has 1 aliphatic rings. The van der Waals surface area contributed by atoms with Gasteiger partial charge in [-0.1, -0.05) is 47.1 Å². The van der Waals surface area contributed by atoms with Gasteiger partial charge in [0, 0.05) is 44.1 Å². The first-order valence-corrected chi connectivity index (χ1v) is 8.28. The van der Waals surface area contributed by atoms with Gasteiger partial charge in [0.2, 0.25) is 0 Å². The molecule has 0 aromatic carbocycles. The van der Waals surface area contributed by atoms with Crippen LogP contribution in [0.5, 0.6) is 0 Å². The fourth-order valence-electron chi connectivity index (χ4n) is 3.15. The van der Waals surface area contributed by atoms with Gasteiger partial charge in [0.05, 0.1) is 0 Å². The molecule has 1 saturated heterocycles. The molecule has 21 heavy (non-hydrogen) atoms. The Morgan fingerprint density at radius 2 is 2.19 bits per heavy atom. The van der Waals surface area contributed by atoms with Crippen LogP contribution in [0, 0.1) is 11.3 Å². The Morgan fingerprint density at radius 1 is 1.43 bits per heavy atom. The maximum Gasteiger partial charge on any atom is 0.0312 e. The SMILES string of the molecule is CCC(C)C1CNC(C(C)(C)C)CN1Cc1cccnc1. The van der Waals surface area contributed by atoms with Crippen LogP contribution in [0.15, 0.2) is 24.5 Å². The zero-order valence-electron chi connectivity index (χ0n) is 14.3. The highest BCUT2D eigenvalue weighted by Crippen LogP contribution is 2.27. The number of hydrogen-bond acceptors (Lipinski definition) is 3. The van der Waals surface area contributed by atoms with Gasteiger partial charge in [0.15, 0.2) is 0 Å². The zero-order valence-corrected chi connectivity index (χ0v) is 14.3. The average Bonchev–Trinajstić information content (AvgIpc) is 2.46. The summed E-state index contributed by atoms with van der Waals surface area (Å²) in [5.74, 6) is 0.718. The van der Waals surface area contributed by atoms with Crippen molar-refractivity contribution in [3.63, 3.8) is 0 Å². The molecule has 1 aromatic rings. The summed E-state index contributed by atoms with van der Waals surface area (Å²) in [6, 6.07) is 5.40. The molecule has 0 radical (unpaired) electrons. The predicted octanol–water partition coefficient (Wildman–Crippen LogP) is 3.32. The van der Waals surface area contributed by atoms with Crippen molar-refractivity contribution in [1.29, 1.82) is 0 Å². The lowest BCUT2D eigenvalue weighted by molar-refractivity contribution is 0.0522. The van der Waals surface area contributed by atoms with Gasteiger partial charge in [-0.05, 0) is 23.0 Å². The topological polar surface area (TPSA) is 28.2 Å². The summed E-state index contributed by atoms with van der Waals surface area (Å²) in [7, 11) is 0. The lowest BCUT2D eigenvalue weighted by atomic mass is 9.83. The van der Waals surface area contributed by atoms with Crippen LogP contribution in [-0.2, 0) is 6.54 Å². The van der Waals surface area contributed by atoms with Crippen LogP contribution in [0.3, 0.4) is 0 Å². The van der Waals surface area contributed by atoms with E-state index in [4.69, 9.17) is 0 Å². The van der Waals surface area contributed by atoms with E-state index in [1.807, 2.05) is 18.5 Å². The van der Waals surface area contributed by atoms with Crippen LogP contribution in [0.1, 0.15) is 46.6 Å². The van der Waals surface area contributed by atoms with Gasteiger partial charge < -0.3 is 5.32 Å². The quantitative estimate of drug-likeness (QED) is 0.921. The van der Waals surface area contributed by atoms with Gasteiger partial charge in [-0.15, -0.1) is 0 Å². The molecule has 0 amide bonds. The van der Waals surface area contributed by atoms with E-state index in [9.17, 15) is 0 Å². The number of nitrogens with zero attached hydrogens (tertiary/aromatic N) is 2. The van der Waals surface area contributed by atoms with E-state index in [1.54, 1.807) is 0 Å². The second-order valence-electron chi connectivity index (χ2n) is 7.57. The molecule has 3 unspecified atom stereocenters. The van der Waals surface area contributed by atoms with Crippen molar-refractivity contribution in [3.05, 3.63) is 30.1 Å². The molecule has 1 aliphatic heterocycles. The maximum atomic E-state index is 4.27. The van der Waals surface area contributed by atoms with E-state index < -0.39 is 0 Å². The first kappa shape index (κ1) is 16.4. The minimum absolute atomic E-state index is 0.299. The first-order chi connectivity index (χ1) is 9.91. The molecule has 0 spiro atoms. The van der Waals surface area contributed by atoms with Crippen molar-refractivity contribution in [2.24, 2.45) is 11.3 Å². The van der Waals surface area contributed by atoms with E-state index in [2.05, 4.69) is 55.9 Å². The van der Waals surface area contributed by atoms with E-state index in [0.29, 0.717) is 17.5 Å². The Kier molecular flexibility index (Phi) is 5.39. The highest BCUT2D eigenvalue weighted by Gasteiger charge is 2.35. The second kappa shape index (κ2) is 6.89. The highest BCUT2D eigenvalue weighted by molar-refractivity contribution is 5.09. The molecular formula is C18H31N3. The van der Waals surface area contributed by atoms with Crippen molar-refractivity contribution < 1.29 is 0 Å². The van der Waals surface area contributed by atoms with Crippen molar-refractivity contribution in [2.45, 2.75) is 59.7 Å². The maximum absolute atomic E-state index is 4.27. The van der Waals surface area contributed by atoms with Crippen LogP contribution >= 0.6 is 0 Å². The first-order valence-electron chi connectivity index (χ1n) is 8.28. The third-order valence-electron chi connectivity index (χ3n) is 4.91. The number of pyridine rings is 1. The Morgan fingerprint density at radius 3 is 2.76 bits per heavy atom. The van der Waals surface area contributed by atoms with Crippen LogP contribution in [0.25, 0.3) is 0 Å². The minimum Gasteiger partial charge on any atom is -0.311 e. The van der Waals surface area contributed by atoms with Crippen LogP contribution in [0.2, 0.25) is 0 Å². The van der Waals surface area contributed by atoms with Gasteiger partial charge >= 0.3 is 0 Å². The smallest absolute Gasteiger partial charge is 0.0312 e. The number of aromatic nitrogens is 1. The molecule has 1 fully saturated rings. The fraction of sp³-hybridized carbons (Fsp3) is 0.722. The number of piperazine rings is 1. The average molecular weight is 289 g/mol. The Bertz CT molecular complexity index is 424. The minimum atomic E-state index is 0.299. The van der Waals surface area contributed by atoms with E-state index in [-0.39, 0.29) is 0 Å². The molecule has 3 atom stereocenters. The third-order valence-corrected chi connectivity index (χ3v) is 4.91. The summed E-state index contributed by atoms with van der Waals surface area (Å²) >= 11 is 0. The van der Waals surface area contributed by atoms with Crippen LogP contribution in [0.4, 0.5) is 0 Å². The molecule has 0 bridgehead atoms. The van der Waals surface area contributed by atoms with Crippen molar-refractivity contribution in [1.82, 2.24) is 15.2 Å². The molecule has 1 aromatic heterocycles. The molecule has 3 nitrogen and oxygen atoms in total. The monoisotopic (exact) mass is 289 g/mol. The van der Waals surface area contributed by atoms with Crippen molar-refractivity contribution in [2.75, 3.05) is 13.1 Å². The van der Waals surface area contributed by atoms with E-state index >= 15 is 0 Å². The molecule has 0 saturated carbocycles. The normalized spacial score (nSPS) is 25.8. The summed E-state index contributed by atoms with van der Waals surface area (Å²) in [5.41, 5.74) is 1.62. The molecule has 0 aliphatic carbocycles. The Balaban J connectivity index is 2.13. The summed E-state index contributed by atoms with van der Waals surface area (Å²) in [6.45, 7) is 14.9. The molecule has 1 N–H and O–H groups in total. The fourth-order valence-corrected chi connectivity index (χ4v) is 3.15. The Hall–Kier alpha value is -0.930. The van der Waals surface area contributed by atoms with Crippen molar-refractivity contribution in [3.8, 4) is 0 Å². The van der Waals surface area contributed by atoms with E-state index in [0.717, 1.165) is 25.6 Å². The number of rotatable bonds is 4. The Labute approximate surface area is 130 Å².